The van der Waals surface area contributed by atoms with Crippen LogP contribution in [0.15, 0.2) is 51.9 Å². The third kappa shape index (κ3) is 5.02. The van der Waals surface area contributed by atoms with Gasteiger partial charge in [0.2, 0.25) is 0 Å². The number of phenolic OH excluding ortho intramolecular Hbond substituents is 1. The van der Waals surface area contributed by atoms with E-state index in [0.717, 1.165) is 11.3 Å². The van der Waals surface area contributed by atoms with Crippen molar-refractivity contribution in [1.29, 1.82) is 0 Å². The number of ether oxygens (including phenoxy) is 3. The van der Waals surface area contributed by atoms with Gasteiger partial charge in [0.25, 0.3) is 5.56 Å². The SMILES string of the molecule is CCOc1ccc([C@@H]2C(C(=O)OC)=CN=c3s/c(=C\c4cc(Cl)cc(I)c4O)c(=O)n32)cc1OCC. The summed E-state index contributed by atoms with van der Waals surface area (Å²) in [6.45, 7) is 4.60. The lowest BCUT2D eigenvalue weighted by atomic mass is 9.97. The number of aromatic nitrogens is 1. The second-order valence-corrected chi connectivity index (χ2v) is 10.2. The van der Waals surface area contributed by atoms with Gasteiger partial charge in [0.1, 0.15) is 5.75 Å². The fourth-order valence-electron chi connectivity index (χ4n) is 3.82. The minimum absolute atomic E-state index is 0.0190. The van der Waals surface area contributed by atoms with Crippen LogP contribution in [-0.4, -0.2) is 36.0 Å². The van der Waals surface area contributed by atoms with Crippen LogP contribution >= 0.6 is 45.5 Å². The van der Waals surface area contributed by atoms with Crippen molar-refractivity contribution in [2.45, 2.75) is 19.9 Å². The van der Waals surface area contributed by atoms with Gasteiger partial charge >= 0.3 is 5.97 Å². The lowest BCUT2D eigenvalue weighted by molar-refractivity contribution is -0.136. The fourth-order valence-corrected chi connectivity index (χ4v) is 5.84. The minimum atomic E-state index is -0.807. The number of aromatic hydroxyl groups is 1. The number of carbonyl (C=O) groups is 1. The predicted molar refractivity (Wildman–Crippen MR) is 146 cm³/mol. The molecule has 0 fully saturated rings. The number of fused-ring (bicyclic) bond motifs is 1. The predicted octanol–water partition coefficient (Wildman–Crippen LogP) is 3.78. The summed E-state index contributed by atoms with van der Waals surface area (Å²) in [5.74, 6) is 0.473. The number of nitrogens with zero attached hydrogens (tertiary/aromatic N) is 2. The molecule has 0 amide bonds. The van der Waals surface area contributed by atoms with E-state index in [1.165, 1.54) is 17.9 Å². The van der Waals surface area contributed by atoms with Crippen LogP contribution in [0.4, 0.5) is 0 Å². The van der Waals surface area contributed by atoms with Crippen LogP contribution in [0.5, 0.6) is 17.2 Å². The van der Waals surface area contributed by atoms with Gasteiger partial charge in [0.15, 0.2) is 16.3 Å². The monoisotopic (exact) mass is 640 g/mol. The number of rotatable bonds is 7. The molecule has 1 atom stereocenters. The highest BCUT2D eigenvalue weighted by Crippen LogP contribution is 2.35. The molecule has 1 aliphatic rings. The van der Waals surface area contributed by atoms with E-state index in [0.29, 0.717) is 53.8 Å². The van der Waals surface area contributed by atoms with Crippen LogP contribution < -0.4 is 24.4 Å². The maximum Gasteiger partial charge on any atom is 0.337 e. The molecule has 2 heterocycles. The van der Waals surface area contributed by atoms with E-state index in [-0.39, 0.29) is 16.9 Å². The maximum absolute atomic E-state index is 13.6. The molecule has 3 aromatic rings. The van der Waals surface area contributed by atoms with Crippen LogP contribution in [0.2, 0.25) is 5.02 Å². The Balaban J connectivity index is 1.93. The Morgan fingerprint density at radius 3 is 2.64 bits per heavy atom. The van der Waals surface area contributed by atoms with Crippen molar-refractivity contribution in [2.24, 2.45) is 4.99 Å². The molecule has 8 nitrogen and oxygen atoms in total. The number of halogens is 2. The zero-order valence-electron chi connectivity index (χ0n) is 19.6. The van der Waals surface area contributed by atoms with Crippen LogP contribution in [0.1, 0.15) is 31.0 Å². The Morgan fingerprint density at radius 2 is 1.94 bits per heavy atom. The highest BCUT2D eigenvalue weighted by atomic mass is 127. The number of hydrogen-bond acceptors (Lipinski definition) is 8. The summed E-state index contributed by atoms with van der Waals surface area (Å²) < 4.78 is 18.7. The summed E-state index contributed by atoms with van der Waals surface area (Å²) in [6, 6.07) is 7.68. The molecule has 0 unspecified atom stereocenters. The summed E-state index contributed by atoms with van der Waals surface area (Å²) in [5, 5.41) is 10.9. The molecule has 11 heteroatoms. The van der Waals surface area contributed by atoms with Crippen molar-refractivity contribution in [3.8, 4) is 17.2 Å². The molecule has 1 N–H and O–H groups in total. The Morgan fingerprint density at radius 1 is 1.22 bits per heavy atom. The van der Waals surface area contributed by atoms with Gasteiger partial charge in [-0.05, 0) is 72.3 Å². The molecular formula is C25H22ClIN2O6S. The zero-order chi connectivity index (χ0) is 26.0. The van der Waals surface area contributed by atoms with E-state index in [1.54, 1.807) is 36.4 Å². The number of hydrogen-bond donors (Lipinski definition) is 1. The molecule has 0 saturated heterocycles. The smallest absolute Gasteiger partial charge is 0.337 e. The molecule has 4 rings (SSSR count). The summed E-state index contributed by atoms with van der Waals surface area (Å²) in [5.41, 5.74) is 0.851. The van der Waals surface area contributed by atoms with Gasteiger partial charge in [-0.3, -0.25) is 9.36 Å². The van der Waals surface area contributed by atoms with Crippen LogP contribution in [0.3, 0.4) is 0 Å². The molecule has 1 aliphatic heterocycles. The molecule has 0 spiro atoms. The highest BCUT2D eigenvalue weighted by molar-refractivity contribution is 14.1. The summed E-state index contributed by atoms with van der Waals surface area (Å²) >= 11 is 9.28. The highest BCUT2D eigenvalue weighted by Gasteiger charge is 2.31. The van der Waals surface area contributed by atoms with E-state index >= 15 is 0 Å². The molecule has 188 valence electrons. The molecule has 2 aromatic carbocycles. The number of benzene rings is 2. The molecule has 36 heavy (non-hydrogen) atoms. The Bertz CT molecular complexity index is 1550. The first kappa shape index (κ1) is 26.2. The van der Waals surface area contributed by atoms with E-state index in [2.05, 4.69) is 4.99 Å². The van der Waals surface area contributed by atoms with Crippen molar-refractivity contribution in [3.05, 3.63) is 81.5 Å². The molecular weight excluding hydrogens is 619 g/mol. The standard InChI is InChI=1S/C25H22ClIN2O6S/c1-4-34-18-7-6-13(9-19(18)35-5-2)21-16(24(32)33-3)12-28-25-29(21)23(31)20(36-25)10-14-8-15(26)11-17(27)22(14)30/h6-12,21,30H,4-5H2,1-3H3/b20-10-/t21-/m1/s1. The van der Waals surface area contributed by atoms with E-state index in [9.17, 15) is 14.7 Å². The summed E-state index contributed by atoms with van der Waals surface area (Å²) in [6.07, 6.45) is 2.98. The van der Waals surface area contributed by atoms with Crippen LogP contribution in [-0.2, 0) is 9.53 Å². The van der Waals surface area contributed by atoms with Crippen molar-refractivity contribution >= 4 is 57.6 Å². The number of carbonyl (C=O) groups excluding carboxylic acids is 1. The number of esters is 1. The third-order valence-corrected chi connectivity index (χ3v) is 7.39. The number of phenols is 1. The van der Waals surface area contributed by atoms with E-state index in [1.807, 2.05) is 36.4 Å². The quantitative estimate of drug-likeness (QED) is 0.312. The largest absolute Gasteiger partial charge is 0.506 e. The van der Waals surface area contributed by atoms with Gasteiger partial charge in [-0.25, -0.2) is 9.79 Å². The summed E-state index contributed by atoms with van der Waals surface area (Å²) in [7, 11) is 1.28. The maximum atomic E-state index is 13.6. The van der Waals surface area contributed by atoms with Gasteiger partial charge in [-0.2, -0.15) is 0 Å². The minimum Gasteiger partial charge on any atom is -0.506 e. The second kappa shape index (κ2) is 11.1. The van der Waals surface area contributed by atoms with E-state index in [4.69, 9.17) is 25.8 Å². The number of thiazole rings is 1. The van der Waals surface area contributed by atoms with Gasteiger partial charge in [0.05, 0.1) is 40.0 Å². The van der Waals surface area contributed by atoms with Crippen molar-refractivity contribution in [3.63, 3.8) is 0 Å². The lowest BCUT2D eigenvalue weighted by Crippen LogP contribution is -2.39. The number of methoxy groups -OCH3 is 1. The second-order valence-electron chi connectivity index (χ2n) is 7.57. The third-order valence-electron chi connectivity index (χ3n) is 5.35. The topological polar surface area (TPSA) is 99.4 Å². The lowest BCUT2D eigenvalue weighted by Gasteiger charge is -2.23. The van der Waals surface area contributed by atoms with Gasteiger partial charge in [-0.15, -0.1) is 0 Å². The van der Waals surface area contributed by atoms with Gasteiger partial charge in [-0.1, -0.05) is 29.0 Å². The molecule has 0 saturated carbocycles. The van der Waals surface area contributed by atoms with Crippen molar-refractivity contribution in [1.82, 2.24) is 4.57 Å². The van der Waals surface area contributed by atoms with Crippen molar-refractivity contribution in [2.75, 3.05) is 20.3 Å². The van der Waals surface area contributed by atoms with Gasteiger partial charge < -0.3 is 19.3 Å². The Kier molecular flexibility index (Phi) is 8.06. The average molecular weight is 641 g/mol. The van der Waals surface area contributed by atoms with Crippen LogP contribution in [0.25, 0.3) is 6.08 Å². The molecule has 0 bridgehead atoms. The van der Waals surface area contributed by atoms with Crippen molar-refractivity contribution < 1.29 is 24.1 Å². The first-order valence-corrected chi connectivity index (χ1v) is 13.2. The average Bonchev–Trinajstić information content (AvgIpc) is 3.17. The molecule has 1 aromatic heterocycles. The normalized spacial score (nSPS) is 15.1. The van der Waals surface area contributed by atoms with Crippen LogP contribution in [0, 0.1) is 3.57 Å². The first-order chi connectivity index (χ1) is 17.3. The summed E-state index contributed by atoms with van der Waals surface area (Å²) in [4.78, 5) is 31.1. The van der Waals surface area contributed by atoms with E-state index < -0.39 is 12.0 Å². The Hall–Kier alpha value is -2.83. The zero-order valence-corrected chi connectivity index (χ0v) is 23.3. The fraction of sp³-hybridized carbons (Fsp3) is 0.240. The van der Waals surface area contributed by atoms with Gasteiger partial charge in [0, 0.05) is 16.8 Å². The molecule has 0 radical (unpaired) electrons. The first-order valence-electron chi connectivity index (χ1n) is 11.0. The molecule has 0 aliphatic carbocycles. The Labute approximate surface area is 229 Å².